The second kappa shape index (κ2) is 13.6. The van der Waals surface area contributed by atoms with Gasteiger partial charge in [0.25, 0.3) is 0 Å². The molecular formula is C23H25N2O13P. The van der Waals surface area contributed by atoms with E-state index in [1.165, 1.54) is 12.1 Å². The summed E-state index contributed by atoms with van der Waals surface area (Å²) in [5.41, 5.74) is -0.314. The predicted octanol–water partition coefficient (Wildman–Crippen LogP) is 0.331. The van der Waals surface area contributed by atoms with E-state index in [2.05, 4.69) is 0 Å². The van der Waals surface area contributed by atoms with Crippen LogP contribution in [0.15, 0.2) is 42.5 Å². The van der Waals surface area contributed by atoms with Crippen molar-refractivity contribution in [1.29, 1.82) is 0 Å². The SMILES string of the molecule is O=C(O)CN(CC(=O)O)Cc1cc(C(=O)c2ccccc2)cc(CN(CC(=O)O)CC(=O)O)c1OP(=O)(O)O. The van der Waals surface area contributed by atoms with E-state index in [9.17, 15) is 58.8 Å². The quantitative estimate of drug-likeness (QED) is 0.118. The molecule has 0 aromatic heterocycles. The summed E-state index contributed by atoms with van der Waals surface area (Å²) in [5, 5.41) is 36.8. The molecule has 0 fully saturated rings. The third-order valence-corrected chi connectivity index (χ3v) is 5.39. The summed E-state index contributed by atoms with van der Waals surface area (Å²) >= 11 is 0. The standard InChI is InChI=1S/C23H25N2O13P/c26-18(27)10-24(11-19(28)29)8-16-6-15(22(34)14-4-2-1-3-5-14)7-17(23(16)38-39(35,36)37)9-25(12-20(30)31)13-21(32)33/h1-7H,8-13H2,(H,26,27)(H,28,29)(H,30,31)(H,32,33)(H2,35,36,37). The van der Waals surface area contributed by atoms with Crippen molar-refractivity contribution >= 4 is 37.5 Å². The molecule has 0 aliphatic heterocycles. The summed E-state index contributed by atoms with van der Waals surface area (Å²) in [6.45, 7) is -4.38. The van der Waals surface area contributed by atoms with Crippen LogP contribution in [0.3, 0.4) is 0 Å². The average molecular weight is 568 g/mol. The molecule has 210 valence electrons. The number of phosphoric acid groups is 1. The van der Waals surface area contributed by atoms with Crippen molar-refractivity contribution in [2.24, 2.45) is 0 Å². The Hall–Kier alpha value is -4.14. The van der Waals surface area contributed by atoms with Crippen LogP contribution < -0.4 is 4.52 Å². The van der Waals surface area contributed by atoms with E-state index >= 15 is 0 Å². The lowest BCUT2D eigenvalue weighted by Gasteiger charge is -2.25. The highest BCUT2D eigenvalue weighted by molar-refractivity contribution is 7.46. The van der Waals surface area contributed by atoms with Crippen molar-refractivity contribution in [2.45, 2.75) is 13.1 Å². The van der Waals surface area contributed by atoms with Crippen molar-refractivity contribution in [2.75, 3.05) is 26.2 Å². The van der Waals surface area contributed by atoms with E-state index in [1.807, 2.05) is 0 Å². The van der Waals surface area contributed by atoms with Gasteiger partial charge in [-0.2, -0.15) is 0 Å². The maximum Gasteiger partial charge on any atom is 0.524 e. The van der Waals surface area contributed by atoms with Gasteiger partial charge in [-0.15, -0.1) is 0 Å². The van der Waals surface area contributed by atoms with Gasteiger partial charge in [-0.05, 0) is 12.1 Å². The largest absolute Gasteiger partial charge is 0.524 e. The van der Waals surface area contributed by atoms with Crippen LogP contribution >= 0.6 is 7.82 Å². The summed E-state index contributed by atoms with van der Waals surface area (Å²) in [6, 6.07) is 10.0. The van der Waals surface area contributed by atoms with Crippen LogP contribution in [0.2, 0.25) is 0 Å². The number of aliphatic carboxylic acids is 4. The Kier molecular flexibility index (Phi) is 10.8. The molecule has 0 unspecified atom stereocenters. The van der Waals surface area contributed by atoms with Gasteiger partial charge in [-0.3, -0.25) is 43.6 Å². The first-order valence-electron chi connectivity index (χ1n) is 11.0. The average Bonchev–Trinajstić information content (AvgIpc) is 2.78. The molecular weight excluding hydrogens is 543 g/mol. The fourth-order valence-electron chi connectivity index (χ4n) is 3.70. The fourth-order valence-corrected chi connectivity index (χ4v) is 4.17. The Morgan fingerprint density at radius 1 is 0.667 bits per heavy atom. The summed E-state index contributed by atoms with van der Waals surface area (Å²) < 4.78 is 16.7. The number of carbonyl (C=O) groups excluding carboxylic acids is 1. The molecule has 39 heavy (non-hydrogen) atoms. The zero-order chi connectivity index (χ0) is 29.3. The molecule has 0 heterocycles. The van der Waals surface area contributed by atoms with Crippen LogP contribution in [-0.4, -0.2) is 95.9 Å². The smallest absolute Gasteiger partial charge is 0.480 e. The van der Waals surface area contributed by atoms with Gasteiger partial charge in [0, 0.05) is 35.3 Å². The highest BCUT2D eigenvalue weighted by Crippen LogP contribution is 2.42. The maximum atomic E-state index is 13.2. The van der Waals surface area contributed by atoms with Crippen LogP contribution in [0, 0.1) is 0 Å². The van der Waals surface area contributed by atoms with Gasteiger partial charge in [0.2, 0.25) is 0 Å². The van der Waals surface area contributed by atoms with Crippen molar-refractivity contribution in [1.82, 2.24) is 9.80 Å². The molecule has 0 atom stereocenters. The first-order valence-corrected chi connectivity index (χ1v) is 12.5. The second-order valence-electron chi connectivity index (χ2n) is 8.27. The lowest BCUT2D eigenvalue weighted by Crippen LogP contribution is -2.35. The summed E-state index contributed by atoms with van der Waals surface area (Å²) in [5.74, 6) is -6.85. The Morgan fingerprint density at radius 3 is 1.38 bits per heavy atom. The third kappa shape index (κ3) is 10.6. The normalized spacial score (nSPS) is 11.4. The van der Waals surface area contributed by atoms with Crippen LogP contribution in [0.25, 0.3) is 0 Å². The van der Waals surface area contributed by atoms with E-state index in [1.54, 1.807) is 18.2 Å². The molecule has 0 aliphatic rings. The lowest BCUT2D eigenvalue weighted by atomic mass is 9.97. The lowest BCUT2D eigenvalue weighted by molar-refractivity contribution is -0.144. The van der Waals surface area contributed by atoms with Crippen LogP contribution in [0.4, 0.5) is 0 Å². The zero-order valence-electron chi connectivity index (χ0n) is 20.2. The van der Waals surface area contributed by atoms with E-state index < -0.39 is 82.5 Å². The molecule has 0 aliphatic carbocycles. The Morgan fingerprint density at radius 2 is 1.05 bits per heavy atom. The highest BCUT2D eigenvalue weighted by atomic mass is 31.2. The third-order valence-electron chi connectivity index (χ3n) is 4.97. The highest BCUT2D eigenvalue weighted by Gasteiger charge is 2.27. The number of nitrogens with zero attached hydrogens (tertiary/aromatic N) is 2. The van der Waals surface area contributed by atoms with Gasteiger partial charge in [-0.1, -0.05) is 30.3 Å². The molecule has 2 aromatic carbocycles. The van der Waals surface area contributed by atoms with Crippen molar-refractivity contribution in [3.8, 4) is 5.75 Å². The second-order valence-corrected chi connectivity index (χ2v) is 9.43. The number of carboxylic acid groups (broad SMARTS) is 4. The number of phosphoric ester groups is 1. The summed E-state index contributed by atoms with van der Waals surface area (Å²) in [6.07, 6.45) is 0. The summed E-state index contributed by atoms with van der Waals surface area (Å²) in [7, 11) is -5.32. The van der Waals surface area contributed by atoms with Crippen molar-refractivity contribution in [3.05, 3.63) is 64.7 Å². The molecule has 0 radical (unpaired) electrons. The minimum Gasteiger partial charge on any atom is -0.480 e. The number of hydrogen-bond donors (Lipinski definition) is 6. The number of rotatable bonds is 16. The van der Waals surface area contributed by atoms with Crippen molar-refractivity contribution in [3.63, 3.8) is 0 Å². The van der Waals surface area contributed by atoms with Crippen LogP contribution in [0.1, 0.15) is 27.0 Å². The van der Waals surface area contributed by atoms with Gasteiger partial charge in [0.15, 0.2) is 5.78 Å². The van der Waals surface area contributed by atoms with Gasteiger partial charge in [-0.25, -0.2) is 4.57 Å². The molecule has 16 heteroatoms. The Labute approximate surface area is 220 Å². The van der Waals surface area contributed by atoms with Gasteiger partial charge < -0.3 is 24.9 Å². The predicted molar refractivity (Wildman–Crippen MR) is 130 cm³/mol. The van der Waals surface area contributed by atoms with E-state index in [-0.39, 0.29) is 22.3 Å². The monoisotopic (exact) mass is 568 g/mol. The van der Waals surface area contributed by atoms with Gasteiger partial charge in [0.05, 0.1) is 26.2 Å². The molecule has 15 nitrogen and oxygen atoms in total. The van der Waals surface area contributed by atoms with Crippen molar-refractivity contribution < 1.29 is 63.3 Å². The number of hydrogen-bond acceptors (Lipinski definition) is 9. The fraction of sp³-hybridized carbons (Fsp3) is 0.261. The summed E-state index contributed by atoms with van der Waals surface area (Å²) in [4.78, 5) is 79.3. The number of carbonyl (C=O) groups is 5. The molecule has 0 spiro atoms. The minimum atomic E-state index is -5.32. The molecule has 0 saturated carbocycles. The topological polar surface area (TPSA) is 240 Å². The zero-order valence-corrected chi connectivity index (χ0v) is 21.1. The van der Waals surface area contributed by atoms with Crippen LogP contribution in [0.5, 0.6) is 5.75 Å². The molecule has 0 saturated heterocycles. The molecule has 6 N–H and O–H groups in total. The van der Waals surface area contributed by atoms with Gasteiger partial charge >= 0.3 is 31.7 Å². The first kappa shape index (κ1) is 31.1. The Bertz CT molecular complexity index is 1200. The molecule has 2 rings (SSSR count). The minimum absolute atomic E-state index is 0.0968. The van der Waals surface area contributed by atoms with E-state index in [0.29, 0.717) is 0 Å². The first-order chi connectivity index (χ1) is 18.1. The van der Waals surface area contributed by atoms with Crippen LogP contribution in [-0.2, 0) is 36.8 Å². The number of benzene rings is 2. The molecule has 2 aromatic rings. The molecule has 0 bridgehead atoms. The maximum absolute atomic E-state index is 13.2. The van der Waals surface area contributed by atoms with Gasteiger partial charge in [0.1, 0.15) is 5.75 Å². The number of ketones is 1. The van der Waals surface area contributed by atoms with E-state index in [4.69, 9.17) is 4.52 Å². The number of carboxylic acids is 4. The Balaban J connectivity index is 2.77. The molecule has 0 amide bonds. The van der Waals surface area contributed by atoms with E-state index in [0.717, 1.165) is 21.9 Å².